The second kappa shape index (κ2) is 8.54. The van der Waals surface area contributed by atoms with Crippen LogP contribution in [0, 0.1) is 11.3 Å². The first kappa shape index (κ1) is 18.0. The highest BCUT2D eigenvalue weighted by atomic mass is 16.1. The van der Waals surface area contributed by atoms with E-state index in [1.807, 2.05) is 30.1 Å². The van der Waals surface area contributed by atoms with Gasteiger partial charge in [0.2, 0.25) is 5.95 Å². The molecule has 7 nitrogen and oxygen atoms in total. The Morgan fingerprint density at radius 2 is 1.85 bits per heavy atom. The zero-order chi connectivity index (χ0) is 19.1. The summed E-state index contributed by atoms with van der Waals surface area (Å²) in [6.45, 7) is 0.713. The quantitative estimate of drug-likeness (QED) is 0.728. The van der Waals surface area contributed by atoms with Crippen molar-refractivity contribution in [3.8, 4) is 6.07 Å². The molecule has 0 saturated heterocycles. The number of hydrogen-bond donors (Lipinski definition) is 1. The molecular formula is C20H18N6O. The van der Waals surface area contributed by atoms with Gasteiger partial charge in [0.05, 0.1) is 11.6 Å². The van der Waals surface area contributed by atoms with E-state index < -0.39 is 0 Å². The van der Waals surface area contributed by atoms with Crippen LogP contribution in [0.5, 0.6) is 0 Å². The molecule has 0 spiro atoms. The van der Waals surface area contributed by atoms with Crippen LogP contribution in [0.1, 0.15) is 21.6 Å². The van der Waals surface area contributed by atoms with Gasteiger partial charge in [-0.15, -0.1) is 0 Å². The van der Waals surface area contributed by atoms with E-state index in [1.165, 1.54) is 5.56 Å². The molecule has 0 radical (unpaired) electrons. The lowest BCUT2D eigenvalue weighted by Gasteiger charge is -2.17. The molecule has 2 heterocycles. The summed E-state index contributed by atoms with van der Waals surface area (Å²) in [6, 6.07) is 14.2. The number of anilines is 2. The van der Waals surface area contributed by atoms with Gasteiger partial charge in [-0.05, 0) is 54.4 Å². The first-order valence-electron chi connectivity index (χ1n) is 8.40. The Morgan fingerprint density at radius 3 is 2.56 bits per heavy atom. The van der Waals surface area contributed by atoms with Crippen LogP contribution in [-0.4, -0.2) is 34.5 Å². The molecule has 7 heteroatoms. The van der Waals surface area contributed by atoms with Gasteiger partial charge in [0.15, 0.2) is 0 Å². The first-order valence-corrected chi connectivity index (χ1v) is 8.40. The van der Waals surface area contributed by atoms with E-state index in [4.69, 9.17) is 5.26 Å². The molecule has 27 heavy (non-hydrogen) atoms. The Bertz CT molecular complexity index is 950. The number of carbonyl (C=O) groups is 1. The fourth-order valence-electron chi connectivity index (χ4n) is 2.43. The minimum atomic E-state index is -0.328. The van der Waals surface area contributed by atoms with Crippen LogP contribution >= 0.6 is 0 Å². The molecule has 0 unspecified atom stereocenters. The maximum Gasteiger partial charge on any atom is 0.274 e. The minimum absolute atomic E-state index is 0.278. The van der Waals surface area contributed by atoms with E-state index in [0.29, 0.717) is 23.7 Å². The van der Waals surface area contributed by atoms with Crippen molar-refractivity contribution in [1.82, 2.24) is 15.0 Å². The summed E-state index contributed by atoms with van der Waals surface area (Å²) in [7, 11) is 1.89. The van der Waals surface area contributed by atoms with E-state index in [9.17, 15) is 4.79 Å². The Balaban J connectivity index is 1.64. The van der Waals surface area contributed by atoms with Gasteiger partial charge >= 0.3 is 0 Å². The molecule has 134 valence electrons. The van der Waals surface area contributed by atoms with E-state index in [1.54, 1.807) is 48.9 Å². The number of benzene rings is 1. The van der Waals surface area contributed by atoms with E-state index in [-0.39, 0.29) is 11.6 Å². The summed E-state index contributed by atoms with van der Waals surface area (Å²) >= 11 is 0. The largest absolute Gasteiger partial charge is 0.344 e. The Kier molecular flexibility index (Phi) is 5.70. The van der Waals surface area contributed by atoms with Crippen LogP contribution in [-0.2, 0) is 6.42 Å². The number of nitrogens with zero attached hydrogens (tertiary/aromatic N) is 5. The van der Waals surface area contributed by atoms with Gasteiger partial charge in [0.1, 0.15) is 5.69 Å². The molecule has 3 aromatic rings. The standard InChI is InChI=1S/C20H18N6O/c1-26(13-9-15-6-10-22-11-7-15)20-23-12-8-18(25-20)19(27)24-17-4-2-16(14-21)3-5-17/h2-8,10-12H,9,13H2,1H3,(H,24,27). The highest BCUT2D eigenvalue weighted by Gasteiger charge is 2.11. The molecule has 0 aliphatic rings. The monoisotopic (exact) mass is 358 g/mol. The first-order chi connectivity index (χ1) is 13.2. The van der Waals surface area contributed by atoms with Crippen LogP contribution < -0.4 is 10.2 Å². The van der Waals surface area contributed by atoms with Crippen LogP contribution in [0.4, 0.5) is 11.6 Å². The normalized spacial score (nSPS) is 10.1. The Hall–Kier alpha value is -3.79. The third-order valence-corrected chi connectivity index (χ3v) is 3.97. The molecule has 0 bridgehead atoms. The lowest BCUT2D eigenvalue weighted by molar-refractivity contribution is 0.102. The molecule has 2 aromatic heterocycles. The Labute approximate surface area is 157 Å². The number of amides is 1. The fourth-order valence-corrected chi connectivity index (χ4v) is 2.43. The third-order valence-electron chi connectivity index (χ3n) is 3.97. The molecule has 0 saturated carbocycles. The second-order valence-corrected chi connectivity index (χ2v) is 5.91. The van der Waals surface area contributed by atoms with Crippen molar-refractivity contribution in [3.63, 3.8) is 0 Å². The maximum absolute atomic E-state index is 12.4. The van der Waals surface area contributed by atoms with Gasteiger partial charge in [-0.3, -0.25) is 9.78 Å². The summed E-state index contributed by atoms with van der Waals surface area (Å²) in [4.78, 5) is 26.9. The van der Waals surface area contributed by atoms with Crippen molar-refractivity contribution in [2.24, 2.45) is 0 Å². The molecule has 1 N–H and O–H groups in total. The molecular weight excluding hydrogens is 340 g/mol. The lowest BCUT2D eigenvalue weighted by Crippen LogP contribution is -2.24. The number of hydrogen-bond acceptors (Lipinski definition) is 6. The molecule has 3 rings (SSSR count). The molecule has 0 aliphatic heterocycles. The van der Waals surface area contributed by atoms with E-state index in [2.05, 4.69) is 20.3 Å². The fraction of sp³-hybridized carbons (Fsp3) is 0.150. The van der Waals surface area contributed by atoms with Gasteiger partial charge in [-0.25, -0.2) is 9.97 Å². The molecule has 0 fully saturated rings. The highest BCUT2D eigenvalue weighted by Crippen LogP contribution is 2.12. The van der Waals surface area contributed by atoms with Gasteiger partial charge in [0, 0.05) is 37.9 Å². The maximum atomic E-state index is 12.4. The number of likely N-dealkylation sites (N-methyl/N-ethyl adjacent to an activating group) is 1. The Morgan fingerprint density at radius 1 is 1.11 bits per heavy atom. The van der Waals surface area contributed by atoms with Crippen molar-refractivity contribution < 1.29 is 4.79 Å². The highest BCUT2D eigenvalue weighted by molar-refractivity contribution is 6.02. The van der Waals surface area contributed by atoms with Crippen LogP contribution in [0.2, 0.25) is 0 Å². The summed E-state index contributed by atoms with van der Waals surface area (Å²) in [5.41, 5.74) is 2.59. The number of nitriles is 1. The van der Waals surface area contributed by atoms with Crippen molar-refractivity contribution in [2.45, 2.75) is 6.42 Å². The van der Waals surface area contributed by atoms with Gasteiger partial charge in [0.25, 0.3) is 5.91 Å². The average Bonchev–Trinajstić information content (AvgIpc) is 2.73. The third kappa shape index (κ3) is 4.86. The number of aromatic nitrogens is 3. The van der Waals surface area contributed by atoms with Gasteiger partial charge in [-0.2, -0.15) is 5.26 Å². The predicted octanol–water partition coefficient (Wildman–Crippen LogP) is 2.67. The summed E-state index contributed by atoms with van der Waals surface area (Å²) in [5, 5.41) is 11.6. The number of pyridine rings is 1. The molecule has 0 aliphatic carbocycles. The minimum Gasteiger partial charge on any atom is -0.344 e. The topological polar surface area (TPSA) is 94.8 Å². The average molecular weight is 358 g/mol. The van der Waals surface area contributed by atoms with E-state index >= 15 is 0 Å². The lowest BCUT2D eigenvalue weighted by atomic mass is 10.2. The van der Waals surface area contributed by atoms with Crippen molar-refractivity contribution in [2.75, 3.05) is 23.8 Å². The SMILES string of the molecule is CN(CCc1ccncc1)c1nccc(C(=O)Nc2ccc(C#N)cc2)n1. The van der Waals surface area contributed by atoms with Gasteiger partial charge < -0.3 is 10.2 Å². The second-order valence-electron chi connectivity index (χ2n) is 5.91. The molecule has 0 atom stereocenters. The number of carbonyl (C=O) groups excluding carboxylic acids is 1. The van der Waals surface area contributed by atoms with Crippen molar-refractivity contribution in [3.05, 3.63) is 77.9 Å². The summed E-state index contributed by atoms with van der Waals surface area (Å²) in [5.74, 6) is 0.155. The van der Waals surface area contributed by atoms with E-state index in [0.717, 1.165) is 6.42 Å². The molecule has 1 amide bonds. The van der Waals surface area contributed by atoms with Crippen molar-refractivity contribution >= 4 is 17.5 Å². The zero-order valence-corrected chi connectivity index (χ0v) is 14.8. The van der Waals surface area contributed by atoms with Gasteiger partial charge in [-0.1, -0.05) is 0 Å². The van der Waals surface area contributed by atoms with Crippen LogP contribution in [0.25, 0.3) is 0 Å². The van der Waals surface area contributed by atoms with Crippen LogP contribution in [0.3, 0.4) is 0 Å². The number of rotatable bonds is 6. The number of nitrogens with one attached hydrogen (secondary N) is 1. The van der Waals surface area contributed by atoms with Crippen molar-refractivity contribution in [1.29, 1.82) is 5.26 Å². The molecule has 1 aromatic carbocycles. The van der Waals surface area contributed by atoms with Crippen LogP contribution in [0.15, 0.2) is 61.1 Å². The zero-order valence-electron chi connectivity index (χ0n) is 14.8. The summed E-state index contributed by atoms with van der Waals surface area (Å²) < 4.78 is 0. The summed E-state index contributed by atoms with van der Waals surface area (Å²) in [6.07, 6.45) is 5.92. The smallest absolute Gasteiger partial charge is 0.274 e. The predicted molar refractivity (Wildman–Crippen MR) is 102 cm³/mol.